The van der Waals surface area contributed by atoms with Gasteiger partial charge in [-0.1, -0.05) is 25.4 Å². The summed E-state index contributed by atoms with van der Waals surface area (Å²) in [4.78, 5) is 14.4. The smallest absolute Gasteiger partial charge is 0.339 e. The van der Waals surface area contributed by atoms with E-state index >= 15 is 0 Å². The molecule has 1 heterocycles. The highest BCUT2D eigenvalue weighted by Gasteiger charge is 2.08. The molecule has 0 atom stereocenters. The summed E-state index contributed by atoms with van der Waals surface area (Å²) in [6.07, 6.45) is 1.23. The van der Waals surface area contributed by atoms with Gasteiger partial charge in [0.1, 0.15) is 0 Å². The Balaban J connectivity index is 0.000000791. The highest BCUT2D eigenvalue weighted by Crippen LogP contribution is 2.20. The van der Waals surface area contributed by atoms with Gasteiger partial charge in [-0.15, -0.1) is 0 Å². The number of methoxy groups -OCH3 is 1. The predicted molar refractivity (Wildman–Crippen MR) is 53.6 cm³/mol. The lowest BCUT2D eigenvalue weighted by molar-refractivity contribution is 0.0600. The lowest BCUT2D eigenvalue weighted by Gasteiger charge is -1.99. The third-order valence-corrected chi connectivity index (χ3v) is 1.53. The van der Waals surface area contributed by atoms with Crippen LogP contribution in [0.4, 0.5) is 0 Å². The predicted octanol–water partition coefficient (Wildman–Crippen LogP) is 2.25. The first-order chi connectivity index (χ1) is 6.65. The van der Waals surface area contributed by atoms with Crippen LogP contribution in [0.2, 0.25) is 5.15 Å². The van der Waals surface area contributed by atoms with E-state index in [4.69, 9.17) is 16.7 Å². The second-order valence-corrected chi connectivity index (χ2v) is 2.38. The molecule has 0 fully saturated rings. The van der Waals surface area contributed by atoms with Crippen LogP contribution < -0.4 is 0 Å². The zero-order valence-corrected chi connectivity index (χ0v) is 9.00. The van der Waals surface area contributed by atoms with E-state index in [9.17, 15) is 4.79 Å². The molecule has 0 amide bonds. The second-order valence-electron chi connectivity index (χ2n) is 2.03. The van der Waals surface area contributed by atoms with Crippen LogP contribution in [0.15, 0.2) is 12.3 Å². The number of nitrogens with zero attached hydrogens (tertiary/aromatic N) is 1. The largest absolute Gasteiger partial charge is 0.505 e. The summed E-state index contributed by atoms with van der Waals surface area (Å²) in [5.41, 5.74) is 0.166. The number of aromatic nitrogens is 1. The lowest BCUT2D eigenvalue weighted by Crippen LogP contribution is -2.01. The molecule has 1 rings (SSSR count). The maximum Gasteiger partial charge on any atom is 0.339 e. The molecule has 1 aromatic rings. The number of carbonyl (C=O) groups is 1. The molecular formula is C9H12ClNO3. The van der Waals surface area contributed by atoms with E-state index in [0.717, 1.165) is 0 Å². The number of aromatic hydroxyl groups is 1. The monoisotopic (exact) mass is 217 g/mol. The molecule has 0 radical (unpaired) electrons. The van der Waals surface area contributed by atoms with Gasteiger partial charge < -0.3 is 9.84 Å². The van der Waals surface area contributed by atoms with Crippen molar-refractivity contribution in [3.05, 3.63) is 23.0 Å². The Hall–Kier alpha value is -1.29. The van der Waals surface area contributed by atoms with Crippen LogP contribution in [-0.4, -0.2) is 23.2 Å². The van der Waals surface area contributed by atoms with Crippen molar-refractivity contribution in [2.45, 2.75) is 13.8 Å². The number of pyridine rings is 1. The molecule has 0 aliphatic heterocycles. The van der Waals surface area contributed by atoms with Crippen LogP contribution in [0.3, 0.4) is 0 Å². The fraction of sp³-hybridized carbons (Fsp3) is 0.333. The van der Waals surface area contributed by atoms with E-state index < -0.39 is 5.97 Å². The zero-order chi connectivity index (χ0) is 11.1. The Bertz CT molecular complexity index is 315. The van der Waals surface area contributed by atoms with Gasteiger partial charge in [-0.2, -0.15) is 0 Å². The third kappa shape index (κ3) is 3.22. The maximum atomic E-state index is 10.9. The summed E-state index contributed by atoms with van der Waals surface area (Å²) < 4.78 is 4.40. The molecule has 1 aromatic heterocycles. The Morgan fingerprint density at radius 3 is 2.57 bits per heavy atom. The number of hydrogen-bond acceptors (Lipinski definition) is 4. The van der Waals surface area contributed by atoms with E-state index in [1.54, 1.807) is 0 Å². The molecule has 0 aliphatic rings. The van der Waals surface area contributed by atoms with Crippen molar-refractivity contribution in [2.24, 2.45) is 0 Å². The van der Waals surface area contributed by atoms with Gasteiger partial charge in [0.2, 0.25) is 0 Å². The minimum absolute atomic E-state index is 0.0392. The molecule has 0 aliphatic carbocycles. The lowest BCUT2D eigenvalue weighted by atomic mass is 10.3. The molecule has 5 heteroatoms. The Kier molecular flexibility index (Phi) is 5.64. The molecular weight excluding hydrogens is 206 g/mol. The minimum atomic E-state index is -0.561. The number of ether oxygens (including phenoxy) is 1. The van der Waals surface area contributed by atoms with E-state index in [-0.39, 0.29) is 16.5 Å². The highest BCUT2D eigenvalue weighted by atomic mass is 35.5. The average molecular weight is 218 g/mol. The molecule has 1 N–H and O–H groups in total. The Labute approximate surface area is 87.5 Å². The first kappa shape index (κ1) is 12.7. The molecule has 0 saturated carbocycles. The van der Waals surface area contributed by atoms with Gasteiger partial charge in [0, 0.05) is 6.20 Å². The maximum absolute atomic E-state index is 10.9. The van der Waals surface area contributed by atoms with E-state index in [1.807, 2.05) is 13.8 Å². The van der Waals surface area contributed by atoms with Gasteiger partial charge in [0.15, 0.2) is 10.9 Å². The van der Waals surface area contributed by atoms with Gasteiger partial charge in [-0.3, -0.25) is 0 Å². The van der Waals surface area contributed by atoms with E-state index in [1.165, 1.54) is 19.4 Å². The fourth-order valence-corrected chi connectivity index (χ4v) is 0.769. The molecule has 4 nitrogen and oxygen atoms in total. The Morgan fingerprint density at radius 1 is 1.57 bits per heavy atom. The molecule has 0 spiro atoms. The highest BCUT2D eigenvalue weighted by molar-refractivity contribution is 6.30. The molecule has 78 valence electrons. The van der Waals surface area contributed by atoms with Gasteiger partial charge >= 0.3 is 5.97 Å². The van der Waals surface area contributed by atoms with Crippen LogP contribution in [0.1, 0.15) is 24.2 Å². The van der Waals surface area contributed by atoms with Crippen molar-refractivity contribution in [1.82, 2.24) is 4.98 Å². The zero-order valence-electron chi connectivity index (χ0n) is 8.24. The molecule has 0 bridgehead atoms. The number of halogens is 1. The van der Waals surface area contributed by atoms with Crippen LogP contribution >= 0.6 is 11.6 Å². The van der Waals surface area contributed by atoms with Crippen molar-refractivity contribution < 1.29 is 14.6 Å². The number of rotatable bonds is 1. The van der Waals surface area contributed by atoms with Crippen LogP contribution in [-0.2, 0) is 4.74 Å². The molecule has 0 saturated heterocycles. The van der Waals surface area contributed by atoms with E-state index in [0.29, 0.717) is 0 Å². The van der Waals surface area contributed by atoms with Crippen LogP contribution in [0, 0.1) is 0 Å². The van der Waals surface area contributed by atoms with Crippen LogP contribution in [0.5, 0.6) is 5.75 Å². The first-order valence-corrected chi connectivity index (χ1v) is 4.45. The van der Waals surface area contributed by atoms with Crippen molar-refractivity contribution in [3.8, 4) is 5.75 Å². The molecule has 14 heavy (non-hydrogen) atoms. The quantitative estimate of drug-likeness (QED) is 0.579. The second kappa shape index (κ2) is 6.21. The van der Waals surface area contributed by atoms with Gasteiger partial charge in [-0.05, 0) is 6.07 Å². The summed E-state index contributed by atoms with van der Waals surface area (Å²) in [5.74, 6) is -0.797. The fourth-order valence-electron chi connectivity index (χ4n) is 0.666. The number of esters is 1. The topological polar surface area (TPSA) is 59.4 Å². The van der Waals surface area contributed by atoms with Crippen molar-refractivity contribution >= 4 is 17.6 Å². The number of hydrogen-bond donors (Lipinski definition) is 1. The van der Waals surface area contributed by atoms with Gasteiger partial charge in [-0.25, -0.2) is 9.78 Å². The Morgan fingerprint density at radius 2 is 2.14 bits per heavy atom. The van der Waals surface area contributed by atoms with Crippen LogP contribution in [0.25, 0.3) is 0 Å². The standard InChI is InChI=1S/C7H6ClNO3.C2H6/c1-12-7(11)4-2-5(10)6(8)9-3-4;1-2/h2-3,10H,1H3;1-2H3. The summed E-state index contributed by atoms with van der Waals surface area (Å²) in [7, 11) is 1.24. The molecule has 0 aromatic carbocycles. The summed E-state index contributed by atoms with van der Waals surface area (Å²) in [6, 6.07) is 1.20. The normalized spacial score (nSPS) is 8.57. The minimum Gasteiger partial charge on any atom is -0.505 e. The van der Waals surface area contributed by atoms with Gasteiger partial charge in [0.05, 0.1) is 12.7 Å². The first-order valence-electron chi connectivity index (χ1n) is 4.08. The number of carbonyl (C=O) groups excluding carboxylic acids is 1. The third-order valence-electron chi connectivity index (χ3n) is 1.24. The molecule has 0 unspecified atom stereocenters. The average Bonchev–Trinajstić information content (AvgIpc) is 2.24. The van der Waals surface area contributed by atoms with Crippen molar-refractivity contribution in [3.63, 3.8) is 0 Å². The summed E-state index contributed by atoms with van der Waals surface area (Å²) >= 11 is 5.42. The van der Waals surface area contributed by atoms with Crippen molar-refractivity contribution in [2.75, 3.05) is 7.11 Å². The van der Waals surface area contributed by atoms with Gasteiger partial charge in [0.25, 0.3) is 0 Å². The summed E-state index contributed by atoms with van der Waals surface area (Å²) in [5, 5.41) is 9.00. The van der Waals surface area contributed by atoms with E-state index in [2.05, 4.69) is 9.72 Å². The SMILES string of the molecule is CC.COC(=O)c1cnc(Cl)c(O)c1. The van der Waals surface area contributed by atoms with Crippen molar-refractivity contribution in [1.29, 1.82) is 0 Å². The summed E-state index contributed by atoms with van der Waals surface area (Å²) in [6.45, 7) is 4.00.